The number of hydrogen-bond donors (Lipinski definition) is 2. The second-order valence-electron chi connectivity index (χ2n) is 5.65. The molecule has 1 amide bonds. The first kappa shape index (κ1) is 16.9. The highest BCUT2D eigenvalue weighted by molar-refractivity contribution is 7.09. The van der Waals surface area contributed by atoms with Crippen LogP contribution in [0.4, 0.5) is 5.82 Å². The van der Waals surface area contributed by atoms with E-state index < -0.39 is 0 Å². The number of aryl methyl sites for hydroxylation is 1. The van der Waals surface area contributed by atoms with Crippen LogP contribution in [0, 0.1) is 6.92 Å². The molecule has 3 heterocycles. The van der Waals surface area contributed by atoms with Crippen molar-refractivity contribution in [1.82, 2.24) is 30.2 Å². The van der Waals surface area contributed by atoms with Crippen LogP contribution in [0.3, 0.4) is 0 Å². The van der Waals surface area contributed by atoms with E-state index in [4.69, 9.17) is 0 Å². The third-order valence-electron chi connectivity index (χ3n) is 3.79. The van der Waals surface area contributed by atoms with Crippen molar-refractivity contribution in [3.05, 3.63) is 71.1 Å². The van der Waals surface area contributed by atoms with Crippen LogP contribution in [0.15, 0.2) is 60.5 Å². The molecular weight excluding hydrogens is 362 g/mol. The number of benzene rings is 1. The predicted molar refractivity (Wildman–Crippen MR) is 103 cm³/mol. The summed E-state index contributed by atoms with van der Waals surface area (Å²) in [6, 6.07) is 10.8. The Morgan fingerprint density at radius 3 is 2.59 bits per heavy atom. The van der Waals surface area contributed by atoms with E-state index in [1.54, 1.807) is 58.9 Å². The van der Waals surface area contributed by atoms with Crippen molar-refractivity contribution in [3.63, 3.8) is 0 Å². The molecule has 9 heteroatoms. The fraction of sp³-hybridized carbons (Fsp3) is 0.0556. The summed E-state index contributed by atoms with van der Waals surface area (Å²) in [5, 5.41) is 11.1. The number of nitrogens with one attached hydrogen (secondary N) is 2. The topological polar surface area (TPSA) is 97.6 Å². The summed E-state index contributed by atoms with van der Waals surface area (Å²) >= 11 is 1.60. The lowest BCUT2D eigenvalue weighted by Crippen LogP contribution is -2.29. The van der Waals surface area contributed by atoms with Crippen LogP contribution in [-0.2, 0) is 0 Å². The van der Waals surface area contributed by atoms with Gasteiger partial charge in [-0.1, -0.05) is 12.1 Å². The van der Waals surface area contributed by atoms with Gasteiger partial charge >= 0.3 is 0 Å². The van der Waals surface area contributed by atoms with Gasteiger partial charge in [-0.25, -0.2) is 9.97 Å². The monoisotopic (exact) mass is 377 g/mol. The fourth-order valence-corrected chi connectivity index (χ4v) is 3.03. The second kappa shape index (κ2) is 7.34. The molecule has 0 unspecified atom stereocenters. The Hall–Kier alpha value is -3.59. The maximum atomic E-state index is 12.3. The number of carbonyl (C=O) groups is 1. The number of aromatic nitrogens is 5. The average molecular weight is 377 g/mol. The largest absolute Gasteiger partial charge is 0.289 e. The predicted octanol–water partition coefficient (Wildman–Crippen LogP) is 2.85. The summed E-state index contributed by atoms with van der Waals surface area (Å²) in [4.78, 5) is 20.7. The standard InChI is InChI=1S/C18H15N7OS/c1-12-20-15(10-27-12)13-2-4-14(5-3-13)18(26)24-22-16-6-7-17(23-21-16)25-9-8-19-11-25/h2-11H,1H3,(H,21,22)(H,24,26). The summed E-state index contributed by atoms with van der Waals surface area (Å²) < 4.78 is 1.74. The molecule has 4 rings (SSSR count). The van der Waals surface area contributed by atoms with Crippen LogP contribution in [0.1, 0.15) is 15.4 Å². The molecule has 4 aromatic rings. The van der Waals surface area contributed by atoms with Gasteiger partial charge < -0.3 is 0 Å². The maximum absolute atomic E-state index is 12.3. The molecule has 0 aliphatic heterocycles. The zero-order valence-electron chi connectivity index (χ0n) is 14.3. The highest BCUT2D eigenvalue weighted by Crippen LogP contribution is 2.21. The third kappa shape index (κ3) is 3.82. The van der Waals surface area contributed by atoms with Gasteiger partial charge in [-0.05, 0) is 31.2 Å². The Balaban J connectivity index is 1.37. The first-order chi connectivity index (χ1) is 13.2. The molecule has 1 aromatic carbocycles. The summed E-state index contributed by atoms with van der Waals surface area (Å²) in [6.07, 6.45) is 5.07. The highest BCUT2D eigenvalue weighted by atomic mass is 32.1. The SMILES string of the molecule is Cc1nc(-c2ccc(C(=O)NNc3ccc(-n4ccnc4)nn3)cc2)cs1. The van der Waals surface area contributed by atoms with Crippen LogP contribution in [0.2, 0.25) is 0 Å². The lowest BCUT2D eigenvalue weighted by Gasteiger charge is -2.08. The number of thiazole rings is 1. The Bertz CT molecular complexity index is 1040. The van der Waals surface area contributed by atoms with Gasteiger partial charge in [0.15, 0.2) is 11.6 Å². The van der Waals surface area contributed by atoms with Crippen LogP contribution < -0.4 is 10.9 Å². The number of hydrogen-bond acceptors (Lipinski definition) is 7. The molecule has 0 aliphatic rings. The van der Waals surface area contributed by atoms with E-state index in [1.165, 1.54) is 0 Å². The molecule has 0 fully saturated rings. The number of nitrogens with zero attached hydrogens (tertiary/aromatic N) is 5. The molecule has 134 valence electrons. The fourth-order valence-electron chi connectivity index (χ4n) is 2.41. The lowest BCUT2D eigenvalue weighted by molar-refractivity contribution is 0.0962. The van der Waals surface area contributed by atoms with E-state index in [1.807, 2.05) is 24.4 Å². The van der Waals surface area contributed by atoms with Crippen molar-refractivity contribution >= 4 is 23.1 Å². The first-order valence-electron chi connectivity index (χ1n) is 8.10. The lowest BCUT2D eigenvalue weighted by atomic mass is 10.1. The molecule has 0 saturated heterocycles. The van der Waals surface area contributed by atoms with Crippen molar-refractivity contribution in [3.8, 4) is 17.1 Å². The number of anilines is 1. The van der Waals surface area contributed by atoms with Crippen LogP contribution in [0.25, 0.3) is 17.1 Å². The third-order valence-corrected chi connectivity index (χ3v) is 4.56. The molecular formula is C18H15N7OS. The Morgan fingerprint density at radius 2 is 1.96 bits per heavy atom. The zero-order chi connectivity index (χ0) is 18.6. The van der Waals surface area contributed by atoms with E-state index >= 15 is 0 Å². The molecule has 0 atom stereocenters. The molecule has 0 spiro atoms. The molecule has 3 aromatic heterocycles. The smallest absolute Gasteiger partial charge is 0.269 e. The van der Waals surface area contributed by atoms with Gasteiger partial charge in [-0.15, -0.1) is 21.5 Å². The van der Waals surface area contributed by atoms with Crippen molar-refractivity contribution < 1.29 is 4.79 Å². The zero-order valence-corrected chi connectivity index (χ0v) is 15.1. The number of carbonyl (C=O) groups excluding carboxylic acids is 1. The van der Waals surface area contributed by atoms with E-state index in [0.717, 1.165) is 16.3 Å². The minimum Gasteiger partial charge on any atom is -0.289 e. The Morgan fingerprint density at radius 1 is 1.11 bits per heavy atom. The number of rotatable bonds is 5. The molecule has 8 nitrogen and oxygen atoms in total. The molecule has 0 bridgehead atoms. The minimum absolute atomic E-state index is 0.267. The van der Waals surface area contributed by atoms with Crippen molar-refractivity contribution in [2.75, 3.05) is 5.43 Å². The average Bonchev–Trinajstić information content (AvgIpc) is 3.39. The van der Waals surface area contributed by atoms with E-state index in [9.17, 15) is 4.79 Å². The molecule has 2 N–H and O–H groups in total. The first-order valence-corrected chi connectivity index (χ1v) is 8.98. The van der Waals surface area contributed by atoms with Gasteiger partial charge in [0, 0.05) is 28.9 Å². The van der Waals surface area contributed by atoms with E-state index in [-0.39, 0.29) is 5.91 Å². The van der Waals surface area contributed by atoms with Gasteiger partial charge in [0.05, 0.1) is 10.7 Å². The van der Waals surface area contributed by atoms with Crippen molar-refractivity contribution in [2.45, 2.75) is 6.92 Å². The summed E-state index contributed by atoms with van der Waals surface area (Å²) in [5.41, 5.74) is 7.78. The summed E-state index contributed by atoms with van der Waals surface area (Å²) in [5.74, 6) is 0.801. The summed E-state index contributed by atoms with van der Waals surface area (Å²) in [6.45, 7) is 1.96. The maximum Gasteiger partial charge on any atom is 0.269 e. The van der Waals surface area contributed by atoms with Crippen LogP contribution in [0.5, 0.6) is 0 Å². The second-order valence-corrected chi connectivity index (χ2v) is 6.72. The molecule has 0 aliphatic carbocycles. The van der Waals surface area contributed by atoms with E-state index in [0.29, 0.717) is 17.2 Å². The van der Waals surface area contributed by atoms with Gasteiger partial charge in [-0.3, -0.25) is 20.2 Å². The number of imidazole rings is 1. The van der Waals surface area contributed by atoms with Gasteiger partial charge in [-0.2, -0.15) is 0 Å². The van der Waals surface area contributed by atoms with Crippen LogP contribution in [-0.4, -0.2) is 30.6 Å². The highest BCUT2D eigenvalue weighted by Gasteiger charge is 2.08. The molecule has 0 saturated carbocycles. The van der Waals surface area contributed by atoms with E-state index in [2.05, 4.69) is 31.0 Å². The Labute approximate surface area is 158 Å². The van der Waals surface area contributed by atoms with Gasteiger partial charge in [0.1, 0.15) is 6.33 Å². The van der Waals surface area contributed by atoms with Gasteiger partial charge in [0.2, 0.25) is 0 Å². The minimum atomic E-state index is -0.267. The van der Waals surface area contributed by atoms with Crippen molar-refractivity contribution in [2.24, 2.45) is 0 Å². The summed E-state index contributed by atoms with van der Waals surface area (Å²) in [7, 11) is 0. The number of amides is 1. The quantitative estimate of drug-likeness (QED) is 0.519. The van der Waals surface area contributed by atoms with Gasteiger partial charge in [0.25, 0.3) is 5.91 Å². The normalized spacial score (nSPS) is 10.6. The molecule has 0 radical (unpaired) electrons. The molecule has 27 heavy (non-hydrogen) atoms. The number of hydrazine groups is 1. The van der Waals surface area contributed by atoms with Crippen molar-refractivity contribution in [1.29, 1.82) is 0 Å². The Kier molecular flexibility index (Phi) is 4.58. The van der Waals surface area contributed by atoms with Crippen LogP contribution >= 0.6 is 11.3 Å².